The summed E-state index contributed by atoms with van der Waals surface area (Å²) in [5.41, 5.74) is 0.812. The van der Waals surface area contributed by atoms with E-state index in [9.17, 15) is 4.39 Å². The first-order chi connectivity index (χ1) is 7.61. The SMILES string of the molecule is OCC1CCN(c2cc(Cl)c(F)c(Cl)c2)C1. The van der Waals surface area contributed by atoms with Crippen LogP contribution in [0.25, 0.3) is 0 Å². The fraction of sp³-hybridized carbons (Fsp3) is 0.455. The van der Waals surface area contributed by atoms with Crippen LogP contribution >= 0.6 is 23.2 Å². The highest BCUT2D eigenvalue weighted by atomic mass is 35.5. The Bertz CT molecular complexity index is 377. The maximum Gasteiger partial charge on any atom is 0.160 e. The van der Waals surface area contributed by atoms with E-state index in [1.807, 2.05) is 0 Å². The highest BCUT2D eigenvalue weighted by Crippen LogP contribution is 2.31. The van der Waals surface area contributed by atoms with E-state index < -0.39 is 5.82 Å². The number of hydrogen-bond acceptors (Lipinski definition) is 2. The van der Waals surface area contributed by atoms with Gasteiger partial charge in [0.15, 0.2) is 5.82 Å². The molecule has 0 aromatic heterocycles. The molecule has 88 valence electrons. The van der Waals surface area contributed by atoms with Crippen molar-refractivity contribution in [3.63, 3.8) is 0 Å². The van der Waals surface area contributed by atoms with Crippen molar-refractivity contribution in [2.24, 2.45) is 5.92 Å². The zero-order chi connectivity index (χ0) is 11.7. The van der Waals surface area contributed by atoms with E-state index in [-0.39, 0.29) is 22.6 Å². The summed E-state index contributed by atoms with van der Waals surface area (Å²) in [5, 5.41) is 9.12. The minimum absolute atomic E-state index is 0.0370. The van der Waals surface area contributed by atoms with Crippen LogP contribution in [0.2, 0.25) is 10.0 Å². The molecule has 5 heteroatoms. The van der Waals surface area contributed by atoms with Gasteiger partial charge in [0.2, 0.25) is 0 Å². The molecule has 0 saturated carbocycles. The maximum atomic E-state index is 13.2. The zero-order valence-corrected chi connectivity index (χ0v) is 10.1. The van der Waals surface area contributed by atoms with Crippen molar-refractivity contribution in [1.29, 1.82) is 0 Å². The number of nitrogens with zero attached hydrogens (tertiary/aromatic N) is 1. The molecule has 0 aliphatic carbocycles. The first kappa shape index (κ1) is 12.0. The fourth-order valence-corrected chi connectivity index (χ4v) is 2.42. The lowest BCUT2D eigenvalue weighted by molar-refractivity contribution is 0.238. The lowest BCUT2D eigenvalue weighted by Crippen LogP contribution is -2.20. The standard InChI is InChI=1S/C11H12Cl2FNO/c12-9-3-8(4-10(13)11(9)14)15-2-1-7(5-15)6-16/h3-4,7,16H,1-2,5-6H2. The average Bonchev–Trinajstić information content (AvgIpc) is 2.73. The van der Waals surface area contributed by atoms with E-state index in [2.05, 4.69) is 4.90 Å². The molecule has 2 rings (SSSR count). The van der Waals surface area contributed by atoms with E-state index in [1.54, 1.807) is 12.1 Å². The number of benzene rings is 1. The van der Waals surface area contributed by atoms with Crippen LogP contribution in [0.3, 0.4) is 0 Å². The molecular weight excluding hydrogens is 252 g/mol. The van der Waals surface area contributed by atoms with Crippen molar-refractivity contribution in [3.8, 4) is 0 Å². The van der Waals surface area contributed by atoms with Crippen molar-refractivity contribution in [3.05, 3.63) is 28.0 Å². The molecule has 1 aromatic rings. The smallest absolute Gasteiger partial charge is 0.160 e. The molecular formula is C11H12Cl2FNO. The molecule has 16 heavy (non-hydrogen) atoms. The Labute approximate surface area is 104 Å². The third-order valence-corrected chi connectivity index (χ3v) is 3.43. The molecule has 1 heterocycles. The van der Waals surface area contributed by atoms with Crippen LogP contribution in [0.1, 0.15) is 6.42 Å². The van der Waals surface area contributed by atoms with Gasteiger partial charge < -0.3 is 10.0 Å². The maximum absolute atomic E-state index is 13.2. The van der Waals surface area contributed by atoms with Gasteiger partial charge >= 0.3 is 0 Å². The molecule has 1 fully saturated rings. The number of aliphatic hydroxyl groups is 1. The summed E-state index contributed by atoms with van der Waals surface area (Å²) in [4.78, 5) is 2.05. The predicted octanol–water partition coefficient (Wildman–Crippen LogP) is 2.95. The number of anilines is 1. The summed E-state index contributed by atoms with van der Waals surface area (Å²) in [6, 6.07) is 3.14. The molecule has 0 amide bonds. The molecule has 0 bridgehead atoms. The van der Waals surface area contributed by atoms with Crippen LogP contribution in [0, 0.1) is 11.7 Å². The van der Waals surface area contributed by atoms with Crippen LogP contribution in [0.4, 0.5) is 10.1 Å². The Morgan fingerprint density at radius 2 is 2.00 bits per heavy atom. The van der Waals surface area contributed by atoms with Gasteiger partial charge in [-0.15, -0.1) is 0 Å². The van der Waals surface area contributed by atoms with E-state index in [4.69, 9.17) is 28.3 Å². The molecule has 1 atom stereocenters. The van der Waals surface area contributed by atoms with E-state index in [0.29, 0.717) is 0 Å². The minimum atomic E-state index is -0.579. The van der Waals surface area contributed by atoms with E-state index in [0.717, 1.165) is 25.2 Å². The molecule has 0 spiro atoms. The molecule has 2 nitrogen and oxygen atoms in total. The Hall–Kier alpha value is -0.510. The highest BCUT2D eigenvalue weighted by Gasteiger charge is 2.23. The molecule has 1 N–H and O–H groups in total. The molecule has 1 aliphatic rings. The monoisotopic (exact) mass is 263 g/mol. The number of rotatable bonds is 2. The van der Waals surface area contributed by atoms with Crippen LogP contribution in [-0.4, -0.2) is 24.8 Å². The van der Waals surface area contributed by atoms with Crippen LogP contribution in [0.15, 0.2) is 12.1 Å². The molecule has 1 saturated heterocycles. The summed E-state index contributed by atoms with van der Waals surface area (Å²) in [6.45, 7) is 1.78. The first-order valence-corrected chi connectivity index (χ1v) is 5.87. The highest BCUT2D eigenvalue weighted by molar-refractivity contribution is 6.35. The van der Waals surface area contributed by atoms with Gasteiger partial charge in [0.25, 0.3) is 0 Å². The Balaban J connectivity index is 2.22. The van der Waals surface area contributed by atoms with Crippen molar-refractivity contribution < 1.29 is 9.50 Å². The van der Waals surface area contributed by atoms with Gasteiger partial charge in [0.05, 0.1) is 10.0 Å². The Kier molecular flexibility index (Phi) is 3.57. The molecule has 1 unspecified atom stereocenters. The van der Waals surface area contributed by atoms with Crippen LogP contribution in [0.5, 0.6) is 0 Å². The van der Waals surface area contributed by atoms with Crippen molar-refractivity contribution in [2.45, 2.75) is 6.42 Å². The molecule has 1 aliphatic heterocycles. The average molecular weight is 264 g/mol. The fourth-order valence-electron chi connectivity index (χ4n) is 1.94. The Morgan fingerprint density at radius 3 is 2.50 bits per heavy atom. The van der Waals surface area contributed by atoms with Gasteiger partial charge in [0.1, 0.15) is 0 Å². The number of aliphatic hydroxyl groups excluding tert-OH is 1. The Morgan fingerprint density at radius 1 is 1.38 bits per heavy atom. The second-order valence-electron chi connectivity index (χ2n) is 4.01. The largest absolute Gasteiger partial charge is 0.396 e. The van der Waals surface area contributed by atoms with Gasteiger partial charge in [-0.2, -0.15) is 0 Å². The topological polar surface area (TPSA) is 23.5 Å². The normalized spacial score (nSPS) is 20.5. The lowest BCUT2D eigenvalue weighted by atomic mass is 10.1. The van der Waals surface area contributed by atoms with E-state index in [1.165, 1.54) is 0 Å². The van der Waals surface area contributed by atoms with Crippen molar-refractivity contribution >= 4 is 28.9 Å². The van der Waals surface area contributed by atoms with Crippen molar-refractivity contribution in [1.82, 2.24) is 0 Å². The quantitative estimate of drug-likeness (QED) is 0.830. The molecule has 1 aromatic carbocycles. The molecule has 0 radical (unpaired) electrons. The third-order valence-electron chi connectivity index (χ3n) is 2.88. The lowest BCUT2D eigenvalue weighted by Gasteiger charge is -2.19. The summed E-state index contributed by atoms with van der Waals surface area (Å²) < 4.78 is 13.2. The summed E-state index contributed by atoms with van der Waals surface area (Å²) in [5.74, 6) is -0.299. The minimum Gasteiger partial charge on any atom is -0.396 e. The number of hydrogen-bond donors (Lipinski definition) is 1. The van der Waals surface area contributed by atoms with Gasteiger partial charge in [-0.3, -0.25) is 0 Å². The zero-order valence-electron chi connectivity index (χ0n) is 8.59. The second kappa shape index (κ2) is 4.78. The van der Waals surface area contributed by atoms with Crippen LogP contribution < -0.4 is 4.90 Å². The number of halogens is 3. The predicted molar refractivity (Wildman–Crippen MR) is 63.8 cm³/mol. The van der Waals surface area contributed by atoms with Gasteiger partial charge in [-0.1, -0.05) is 23.2 Å². The third kappa shape index (κ3) is 2.26. The van der Waals surface area contributed by atoms with Crippen LogP contribution in [-0.2, 0) is 0 Å². The first-order valence-electron chi connectivity index (χ1n) is 5.12. The van der Waals surface area contributed by atoms with E-state index >= 15 is 0 Å². The van der Waals surface area contributed by atoms with Gasteiger partial charge in [-0.05, 0) is 18.6 Å². The summed E-state index contributed by atoms with van der Waals surface area (Å²) >= 11 is 11.5. The second-order valence-corrected chi connectivity index (χ2v) is 4.82. The van der Waals surface area contributed by atoms with Gasteiger partial charge in [-0.25, -0.2) is 4.39 Å². The van der Waals surface area contributed by atoms with Gasteiger partial charge in [0, 0.05) is 31.3 Å². The van der Waals surface area contributed by atoms with Crippen molar-refractivity contribution in [2.75, 3.05) is 24.6 Å². The summed E-state index contributed by atoms with van der Waals surface area (Å²) in [7, 11) is 0. The summed E-state index contributed by atoms with van der Waals surface area (Å²) in [6.07, 6.45) is 0.934.